The van der Waals surface area contributed by atoms with Crippen molar-refractivity contribution in [1.82, 2.24) is 14.5 Å². The van der Waals surface area contributed by atoms with Gasteiger partial charge in [-0.3, -0.25) is 0 Å². The summed E-state index contributed by atoms with van der Waals surface area (Å²) >= 11 is 0. The van der Waals surface area contributed by atoms with Gasteiger partial charge in [0.15, 0.2) is 0 Å². The predicted octanol–water partition coefficient (Wildman–Crippen LogP) is 13.2. The minimum atomic E-state index is 0.871. The molecule has 9 aromatic carbocycles. The summed E-state index contributed by atoms with van der Waals surface area (Å²) in [5, 5.41) is 10.0. The van der Waals surface area contributed by atoms with E-state index >= 15 is 0 Å². The van der Waals surface area contributed by atoms with Crippen molar-refractivity contribution >= 4 is 65.2 Å². The molecule has 0 aliphatic rings. The Kier molecular flexibility index (Phi) is 6.55. The van der Waals surface area contributed by atoms with E-state index in [1.54, 1.807) is 0 Å². The van der Waals surface area contributed by atoms with Crippen molar-refractivity contribution in [3.8, 4) is 39.3 Å². The Morgan fingerprint density at radius 2 is 0.811 bits per heavy atom. The van der Waals surface area contributed by atoms with Crippen LogP contribution in [0.2, 0.25) is 0 Å². The SMILES string of the molecule is c1ccc(-c2nc3ccccc3nc2-c2ccc(-n3c4c(-c5ccccc5)cc5ccccc5c4c4c5ccccc5c5ccccc5c43)cc2)cc1. The highest BCUT2D eigenvalue weighted by molar-refractivity contribution is 6.37. The summed E-state index contributed by atoms with van der Waals surface area (Å²) in [6.07, 6.45) is 0. The quantitative estimate of drug-likeness (QED) is 0.174. The summed E-state index contributed by atoms with van der Waals surface area (Å²) < 4.78 is 2.52. The first kappa shape index (κ1) is 29.6. The lowest BCUT2D eigenvalue weighted by Crippen LogP contribution is -1.98. The zero-order valence-electron chi connectivity index (χ0n) is 28.7. The van der Waals surface area contributed by atoms with E-state index in [0.717, 1.165) is 39.2 Å². The number of para-hydroxylation sites is 2. The van der Waals surface area contributed by atoms with Gasteiger partial charge in [-0.05, 0) is 62.8 Å². The minimum Gasteiger partial charge on any atom is -0.308 e. The van der Waals surface area contributed by atoms with Gasteiger partial charge in [0.2, 0.25) is 0 Å². The van der Waals surface area contributed by atoms with E-state index in [1.807, 2.05) is 30.3 Å². The molecule has 246 valence electrons. The highest BCUT2D eigenvalue weighted by atomic mass is 15.0. The van der Waals surface area contributed by atoms with Crippen LogP contribution in [0.25, 0.3) is 104 Å². The molecule has 0 aliphatic carbocycles. The van der Waals surface area contributed by atoms with Gasteiger partial charge in [0, 0.05) is 38.5 Å². The molecule has 2 aromatic heterocycles. The molecule has 2 heterocycles. The minimum absolute atomic E-state index is 0.871. The monoisotopic (exact) mass is 673 g/mol. The summed E-state index contributed by atoms with van der Waals surface area (Å²) in [7, 11) is 0. The van der Waals surface area contributed by atoms with Gasteiger partial charge >= 0.3 is 0 Å². The lowest BCUT2D eigenvalue weighted by molar-refractivity contribution is 1.19. The number of nitrogens with zero attached hydrogens (tertiary/aromatic N) is 3. The highest BCUT2D eigenvalue weighted by Gasteiger charge is 2.24. The van der Waals surface area contributed by atoms with Crippen molar-refractivity contribution in [1.29, 1.82) is 0 Å². The van der Waals surface area contributed by atoms with Gasteiger partial charge in [0.1, 0.15) is 0 Å². The molecule has 53 heavy (non-hydrogen) atoms. The number of rotatable bonds is 4. The Morgan fingerprint density at radius 1 is 0.340 bits per heavy atom. The maximum atomic E-state index is 5.21. The molecule has 0 unspecified atom stereocenters. The third-order valence-corrected chi connectivity index (χ3v) is 10.7. The summed E-state index contributed by atoms with van der Waals surface area (Å²) in [4.78, 5) is 10.4. The molecule has 11 rings (SSSR count). The Labute approximate surface area is 306 Å². The number of hydrogen-bond donors (Lipinski definition) is 0. The Balaban J connectivity index is 1.27. The Hall–Kier alpha value is -7.10. The molecular formula is C50H31N3. The molecular weight excluding hydrogens is 643 g/mol. The molecule has 0 radical (unpaired) electrons. The van der Waals surface area contributed by atoms with Crippen LogP contribution in [-0.2, 0) is 0 Å². The van der Waals surface area contributed by atoms with Gasteiger partial charge in [0.05, 0.1) is 33.5 Å². The maximum absolute atomic E-state index is 5.21. The Morgan fingerprint density at radius 3 is 1.47 bits per heavy atom. The average Bonchev–Trinajstić information content (AvgIpc) is 3.61. The first-order chi connectivity index (χ1) is 26.3. The largest absolute Gasteiger partial charge is 0.308 e. The van der Waals surface area contributed by atoms with Crippen LogP contribution in [0.3, 0.4) is 0 Å². The van der Waals surface area contributed by atoms with Gasteiger partial charge in [-0.1, -0.05) is 158 Å². The molecule has 3 heteroatoms. The topological polar surface area (TPSA) is 30.7 Å². The lowest BCUT2D eigenvalue weighted by Gasteiger charge is -2.15. The predicted molar refractivity (Wildman–Crippen MR) is 223 cm³/mol. The third kappa shape index (κ3) is 4.54. The molecule has 0 saturated heterocycles. The van der Waals surface area contributed by atoms with Gasteiger partial charge in [-0.15, -0.1) is 0 Å². The number of hydrogen-bond acceptors (Lipinski definition) is 2. The standard InChI is InChI=1S/C50H31N3/c1-3-15-32(16-4-1)42-31-35-19-7-8-20-37(35)45-46-40-23-11-9-21-38(40)39-22-10-12-24-41(39)49(46)53(50(42)45)36-29-27-34(28-30-36)48-47(33-17-5-2-6-18-33)51-43-25-13-14-26-44(43)52-48/h1-31H. The molecule has 0 N–H and O–H groups in total. The van der Waals surface area contributed by atoms with E-state index in [4.69, 9.17) is 9.97 Å². The van der Waals surface area contributed by atoms with Crippen LogP contribution in [0.1, 0.15) is 0 Å². The zero-order valence-corrected chi connectivity index (χ0v) is 28.7. The summed E-state index contributed by atoms with van der Waals surface area (Å²) in [5.74, 6) is 0. The first-order valence-corrected chi connectivity index (χ1v) is 18.1. The smallest absolute Gasteiger partial charge is 0.0973 e. The van der Waals surface area contributed by atoms with Crippen LogP contribution in [-0.4, -0.2) is 14.5 Å². The van der Waals surface area contributed by atoms with E-state index < -0.39 is 0 Å². The van der Waals surface area contributed by atoms with Crippen LogP contribution in [0.4, 0.5) is 0 Å². The second kappa shape index (κ2) is 11.7. The van der Waals surface area contributed by atoms with Crippen LogP contribution < -0.4 is 0 Å². The molecule has 3 nitrogen and oxygen atoms in total. The molecule has 0 bridgehead atoms. The van der Waals surface area contributed by atoms with E-state index in [0.29, 0.717) is 0 Å². The molecule has 0 atom stereocenters. The third-order valence-electron chi connectivity index (χ3n) is 10.7. The lowest BCUT2D eigenvalue weighted by atomic mass is 9.93. The zero-order chi connectivity index (χ0) is 34.9. The summed E-state index contributed by atoms with van der Waals surface area (Å²) in [6, 6.07) is 67.3. The van der Waals surface area contributed by atoms with Crippen LogP contribution >= 0.6 is 0 Å². The fourth-order valence-corrected chi connectivity index (χ4v) is 8.40. The van der Waals surface area contributed by atoms with Crippen molar-refractivity contribution in [2.24, 2.45) is 0 Å². The molecule has 0 amide bonds. The molecule has 0 aliphatic heterocycles. The van der Waals surface area contributed by atoms with Crippen LogP contribution in [0.5, 0.6) is 0 Å². The Bertz CT molecular complexity index is 3200. The second-order valence-corrected chi connectivity index (χ2v) is 13.7. The number of fused-ring (bicyclic) bond motifs is 11. The van der Waals surface area contributed by atoms with Crippen molar-refractivity contribution in [2.75, 3.05) is 0 Å². The van der Waals surface area contributed by atoms with Crippen molar-refractivity contribution < 1.29 is 0 Å². The normalized spacial score (nSPS) is 11.8. The van der Waals surface area contributed by atoms with Crippen LogP contribution in [0.15, 0.2) is 188 Å². The van der Waals surface area contributed by atoms with Gasteiger partial charge < -0.3 is 4.57 Å². The van der Waals surface area contributed by atoms with Gasteiger partial charge in [-0.25, -0.2) is 9.97 Å². The number of benzene rings is 9. The van der Waals surface area contributed by atoms with E-state index in [9.17, 15) is 0 Å². The maximum Gasteiger partial charge on any atom is 0.0973 e. The second-order valence-electron chi connectivity index (χ2n) is 13.7. The van der Waals surface area contributed by atoms with Crippen molar-refractivity contribution in [3.05, 3.63) is 188 Å². The van der Waals surface area contributed by atoms with Crippen molar-refractivity contribution in [3.63, 3.8) is 0 Å². The molecule has 0 spiro atoms. The summed E-state index contributed by atoms with van der Waals surface area (Å²) in [5.41, 5.74) is 11.5. The fraction of sp³-hybridized carbons (Fsp3) is 0. The van der Waals surface area contributed by atoms with E-state index in [-0.39, 0.29) is 0 Å². The number of aromatic nitrogens is 3. The van der Waals surface area contributed by atoms with E-state index in [2.05, 4.69) is 162 Å². The first-order valence-electron chi connectivity index (χ1n) is 18.1. The van der Waals surface area contributed by atoms with Crippen LogP contribution in [0, 0.1) is 0 Å². The van der Waals surface area contributed by atoms with Crippen molar-refractivity contribution in [2.45, 2.75) is 0 Å². The van der Waals surface area contributed by atoms with Gasteiger partial charge in [-0.2, -0.15) is 0 Å². The molecule has 11 aromatic rings. The van der Waals surface area contributed by atoms with Gasteiger partial charge in [0.25, 0.3) is 0 Å². The molecule has 0 fully saturated rings. The average molecular weight is 674 g/mol. The fourth-order valence-electron chi connectivity index (χ4n) is 8.40. The summed E-state index contributed by atoms with van der Waals surface area (Å²) in [6.45, 7) is 0. The van der Waals surface area contributed by atoms with E-state index in [1.165, 1.54) is 65.3 Å². The highest BCUT2D eigenvalue weighted by Crippen LogP contribution is 2.48. The molecule has 0 saturated carbocycles.